The van der Waals surface area contributed by atoms with Gasteiger partial charge in [-0.3, -0.25) is 0 Å². The van der Waals surface area contributed by atoms with E-state index in [0.717, 1.165) is 29.2 Å². The largest absolute Gasteiger partial charge is 0.478 e. The van der Waals surface area contributed by atoms with Crippen molar-refractivity contribution in [3.05, 3.63) is 95.9 Å². The van der Waals surface area contributed by atoms with Gasteiger partial charge in [0.25, 0.3) is 0 Å². The van der Waals surface area contributed by atoms with E-state index in [4.69, 9.17) is 9.84 Å². The Kier molecular flexibility index (Phi) is 4.55. The van der Waals surface area contributed by atoms with Crippen LogP contribution in [0.1, 0.15) is 28.8 Å². The molecule has 0 saturated heterocycles. The number of pyridine rings is 1. The van der Waals surface area contributed by atoms with E-state index in [2.05, 4.69) is 10.3 Å². The topological polar surface area (TPSA) is 71.5 Å². The van der Waals surface area contributed by atoms with Crippen molar-refractivity contribution in [3.63, 3.8) is 0 Å². The smallest absolute Gasteiger partial charge is 0.335 e. The van der Waals surface area contributed by atoms with Gasteiger partial charge in [-0.1, -0.05) is 30.3 Å². The summed E-state index contributed by atoms with van der Waals surface area (Å²) in [6.45, 7) is 0. The first-order valence-corrected chi connectivity index (χ1v) is 9.97. The molecule has 0 amide bonds. The summed E-state index contributed by atoms with van der Waals surface area (Å²) < 4.78 is 19.6. The third-order valence-electron chi connectivity index (χ3n) is 5.57. The number of carbonyl (C=O) groups is 1. The SMILES string of the molecule is O=C(O)c1ccc(C2(Nc3nccc4cccc(Oc5cccc(F)c5)c34)CC2)cc1. The lowest BCUT2D eigenvalue weighted by Crippen LogP contribution is -2.20. The molecule has 4 aromatic rings. The van der Waals surface area contributed by atoms with Crippen LogP contribution in [0.25, 0.3) is 10.8 Å². The van der Waals surface area contributed by atoms with Crippen LogP contribution in [0, 0.1) is 5.82 Å². The Morgan fingerprint density at radius 3 is 2.52 bits per heavy atom. The number of halogens is 1. The van der Waals surface area contributed by atoms with Crippen LogP contribution in [0.5, 0.6) is 11.5 Å². The van der Waals surface area contributed by atoms with Gasteiger partial charge in [0, 0.05) is 12.3 Å². The van der Waals surface area contributed by atoms with E-state index in [1.807, 2.05) is 36.4 Å². The van der Waals surface area contributed by atoms with E-state index >= 15 is 0 Å². The Balaban J connectivity index is 1.52. The maximum Gasteiger partial charge on any atom is 0.335 e. The van der Waals surface area contributed by atoms with Crippen LogP contribution in [0.4, 0.5) is 10.2 Å². The number of aromatic carboxylic acids is 1. The number of ether oxygens (including phenoxy) is 1. The maximum atomic E-state index is 13.6. The summed E-state index contributed by atoms with van der Waals surface area (Å²) >= 11 is 0. The highest BCUT2D eigenvalue weighted by Gasteiger charge is 2.45. The Bertz CT molecular complexity index is 1280. The van der Waals surface area contributed by atoms with Crippen molar-refractivity contribution in [2.45, 2.75) is 18.4 Å². The standard InChI is InChI=1S/C25H19FN2O3/c26-19-4-2-5-20(15-19)31-21-6-1-3-16-11-14-27-23(22(16)21)28-25(12-13-25)18-9-7-17(8-10-18)24(29)30/h1-11,14-15H,12-13H2,(H,27,28)(H,29,30). The first-order valence-electron chi connectivity index (χ1n) is 9.97. The van der Waals surface area contributed by atoms with Crippen molar-refractivity contribution in [2.75, 3.05) is 5.32 Å². The van der Waals surface area contributed by atoms with Gasteiger partial charge in [0.15, 0.2) is 0 Å². The van der Waals surface area contributed by atoms with Crippen molar-refractivity contribution in [3.8, 4) is 11.5 Å². The summed E-state index contributed by atoms with van der Waals surface area (Å²) in [6, 6.07) is 20.6. The van der Waals surface area contributed by atoms with Crippen LogP contribution >= 0.6 is 0 Å². The number of carboxylic acid groups (broad SMARTS) is 1. The van der Waals surface area contributed by atoms with Crippen LogP contribution in [0.2, 0.25) is 0 Å². The van der Waals surface area contributed by atoms with E-state index in [1.54, 1.807) is 30.5 Å². The summed E-state index contributed by atoms with van der Waals surface area (Å²) in [5.74, 6) is 0.350. The summed E-state index contributed by atoms with van der Waals surface area (Å²) in [6.07, 6.45) is 3.55. The number of rotatable bonds is 6. The lowest BCUT2D eigenvalue weighted by atomic mass is 10.0. The van der Waals surface area contributed by atoms with Crippen LogP contribution < -0.4 is 10.1 Å². The Hall–Kier alpha value is -3.93. The van der Waals surface area contributed by atoms with E-state index < -0.39 is 5.97 Å². The molecule has 0 spiro atoms. The molecule has 2 N–H and O–H groups in total. The van der Waals surface area contributed by atoms with Crippen molar-refractivity contribution in [1.82, 2.24) is 4.98 Å². The van der Waals surface area contributed by atoms with Gasteiger partial charge < -0.3 is 15.2 Å². The van der Waals surface area contributed by atoms with E-state index in [0.29, 0.717) is 17.3 Å². The Morgan fingerprint density at radius 1 is 1.03 bits per heavy atom. The minimum absolute atomic E-state index is 0.258. The molecular formula is C25H19FN2O3. The highest BCUT2D eigenvalue weighted by Crippen LogP contribution is 2.49. The summed E-state index contributed by atoms with van der Waals surface area (Å²) in [4.78, 5) is 15.7. The fourth-order valence-electron chi connectivity index (χ4n) is 3.80. The lowest BCUT2D eigenvalue weighted by Gasteiger charge is -2.21. The summed E-state index contributed by atoms with van der Waals surface area (Å²) in [7, 11) is 0. The van der Waals surface area contributed by atoms with Gasteiger partial charge in [0.2, 0.25) is 0 Å². The second-order valence-corrected chi connectivity index (χ2v) is 7.66. The number of nitrogens with one attached hydrogen (secondary N) is 1. The second-order valence-electron chi connectivity index (χ2n) is 7.66. The highest BCUT2D eigenvalue weighted by atomic mass is 19.1. The number of anilines is 1. The van der Waals surface area contributed by atoms with Gasteiger partial charge in [-0.2, -0.15) is 0 Å². The highest BCUT2D eigenvalue weighted by molar-refractivity contribution is 5.97. The zero-order valence-corrected chi connectivity index (χ0v) is 16.5. The minimum atomic E-state index is -0.945. The van der Waals surface area contributed by atoms with Crippen molar-refractivity contribution in [1.29, 1.82) is 0 Å². The van der Waals surface area contributed by atoms with Gasteiger partial charge in [-0.05, 0) is 60.2 Å². The zero-order chi connectivity index (χ0) is 21.4. The Labute approximate surface area is 178 Å². The normalized spacial score (nSPS) is 14.2. The fraction of sp³-hybridized carbons (Fsp3) is 0.120. The molecule has 154 valence electrons. The number of aromatic nitrogens is 1. The molecule has 1 heterocycles. The molecule has 1 fully saturated rings. The molecule has 0 radical (unpaired) electrons. The van der Waals surface area contributed by atoms with Gasteiger partial charge in [0.1, 0.15) is 23.1 Å². The number of hydrogen-bond acceptors (Lipinski definition) is 4. The molecule has 0 aliphatic heterocycles. The van der Waals surface area contributed by atoms with Crippen molar-refractivity contribution < 1.29 is 19.0 Å². The maximum absolute atomic E-state index is 13.6. The molecule has 31 heavy (non-hydrogen) atoms. The zero-order valence-electron chi connectivity index (χ0n) is 16.5. The Morgan fingerprint density at radius 2 is 1.81 bits per heavy atom. The van der Waals surface area contributed by atoms with Gasteiger partial charge >= 0.3 is 5.97 Å². The van der Waals surface area contributed by atoms with Crippen LogP contribution in [-0.2, 0) is 5.54 Å². The molecule has 5 nitrogen and oxygen atoms in total. The monoisotopic (exact) mass is 414 g/mol. The molecule has 1 aromatic heterocycles. The number of fused-ring (bicyclic) bond motifs is 1. The van der Waals surface area contributed by atoms with Crippen molar-refractivity contribution in [2.24, 2.45) is 0 Å². The molecular weight excluding hydrogens is 395 g/mol. The molecule has 1 saturated carbocycles. The molecule has 1 aliphatic carbocycles. The molecule has 1 aliphatic rings. The molecule has 0 atom stereocenters. The number of nitrogens with zero attached hydrogens (tertiary/aromatic N) is 1. The van der Waals surface area contributed by atoms with E-state index in [1.165, 1.54) is 12.1 Å². The minimum Gasteiger partial charge on any atom is -0.478 e. The van der Waals surface area contributed by atoms with Crippen molar-refractivity contribution >= 4 is 22.6 Å². The van der Waals surface area contributed by atoms with Gasteiger partial charge in [0.05, 0.1) is 16.5 Å². The predicted molar refractivity (Wildman–Crippen MR) is 116 cm³/mol. The quantitative estimate of drug-likeness (QED) is 0.407. The summed E-state index contributed by atoms with van der Waals surface area (Å²) in [5, 5.41) is 14.5. The van der Waals surface area contributed by atoms with Gasteiger partial charge in [-0.15, -0.1) is 0 Å². The third-order valence-corrected chi connectivity index (χ3v) is 5.57. The fourth-order valence-corrected chi connectivity index (χ4v) is 3.80. The number of carboxylic acids is 1. The lowest BCUT2D eigenvalue weighted by molar-refractivity contribution is 0.0697. The van der Waals surface area contributed by atoms with E-state index in [9.17, 15) is 9.18 Å². The third kappa shape index (κ3) is 3.68. The molecule has 3 aromatic carbocycles. The predicted octanol–water partition coefficient (Wildman–Crippen LogP) is 5.97. The van der Waals surface area contributed by atoms with E-state index in [-0.39, 0.29) is 16.9 Å². The average molecular weight is 414 g/mol. The van der Waals surface area contributed by atoms with Gasteiger partial charge in [-0.25, -0.2) is 14.2 Å². The first-order chi connectivity index (χ1) is 15.0. The second kappa shape index (κ2) is 7.40. The van der Waals surface area contributed by atoms with Crippen LogP contribution in [-0.4, -0.2) is 16.1 Å². The molecule has 0 bridgehead atoms. The average Bonchev–Trinajstić information content (AvgIpc) is 3.55. The molecule has 5 rings (SSSR count). The first kappa shape index (κ1) is 19.1. The number of benzene rings is 3. The van der Waals surface area contributed by atoms with Crippen LogP contribution in [0.3, 0.4) is 0 Å². The number of hydrogen-bond donors (Lipinski definition) is 2. The molecule has 0 unspecified atom stereocenters. The summed E-state index contributed by atoms with van der Waals surface area (Å²) in [5.41, 5.74) is 0.970. The van der Waals surface area contributed by atoms with Crippen LogP contribution in [0.15, 0.2) is 79.0 Å². The molecule has 6 heteroatoms.